The quantitative estimate of drug-likeness (QED) is 0.655. The van der Waals surface area contributed by atoms with Crippen molar-refractivity contribution in [2.75, 3.05) is 11.1 Å². The molecule has 1 amide bonds. The third-order valence-electron chi connectivity index (χ3n) is 2.17. The Balaban J connectivity index is 1.88. The molecule has 1 heterocycles. The molecule has 0 fully saturated rings. The van der Waals surface area contributed by atoms with E-state index in [0.717, 1.165) is 5.03 Å². The summed E-state index contributed by atoms with van der Waals surface area (Å²) < 4.78 is 0. The molecule has 0 bridgehead atoms. The van der Waals surface area contributed by atoms with E-state index >= 15 is 0 Å². The summed E-state index contributed by atoms with van der Waals surface area (Å²) in [5, 5.41) is 12.9. The number of phenolic OH excluding ortho intramolecular Hbond substituents is 1. The molecule has 92 valence electrons. The molecule has 0 atom stereocenters. The fourth-order valence-corrected chi connectivity index (χ4v) is 2.00. The Bertz CT molecular complexity index is 532. The van der Waals surface area contributed by atoms with E-state index in [1.165, 1.54) is 17.8 Å². The first kappa shape index (κ1) is 12.4. The van der Waals surface area contributed by atoms with Crippen molar-refractivity contribution in [1.82, 2.24) is 4.98 Å². The molecule has 0 radical (unpaired) electrons. The van der Waals surface area contributed by atoms with Crippen molar-refractivity contribution < 1.29 is 9.90 Å². The van der Waals surface area contributed by atoms with Crippen LogP contribution in [0.25, 0.3) is 0 Å². The van der Waals surface area contributed by atoms with Crippen LogP contribution in [0.1, 0.15) is 0 Å². The van der Waals surface area contributed by atoms with Gasteiger partial charge in [-0.2, -0.15) is 0 Å². The zero-order valence-electron chi connectivity index (χ0n) is 9.54. The number of aromatic nitrogens is 1. The van der Waals surface area contributed by atoms with Crippen LogP contribution in [0.4, 0.5) is 5.69 Å². The van der Waals surface area contributed by atoms with Gasteiger partial charge in [-0.1, -0.05) is 30.0 Å². The highest BCUT2D eigenvalue weighted by Crippen LogP contribution is 2.22. The number of nitrogens with one attached hydrogen (secondary N) is 1. The van der Waals surface area contributed by atoms with Crippen molar-refractivity contribution in [2.45, 2.75) is 5.03 Å². The van der Waals surface area contributed by atoms with Crippen LogP contribution in [0.15, 0.2) is 53.7 Å². The standard InChI is InChI=1S/C13H12N2O2S/c16-11-6-2-1-5-10(11)15-12(17)9-18-13-7-3-4-8-14-13/h1-8,16H,9H2,(H,15,17). The molecule has 0 aliphatic heterocycles. The molecule has 0 aliphatic carbocycles. The Kier molecular flexibility index (Phi) is 4.20. The minimum absolute atomic E-state index is 0.0636. The molecule has 0 spiro atoms. The van der Waals surface area contributed by atoms with Crippen LogP contribution in [0.5, 0.6) is 5.75 Å². The van der Waals surface area contributed by atoms with Gasteiger partial charge in [0.1, 0.15) is 5.75 Å². The number of phenols is 1. The maximum absolute atomic E-state index is 11.7. The van der Waals surface area contributed by atoms with Crippen molar-refractivity contribution in [1.29, 1.82) is 0 Å². The SMILES string of the molecule is O=C(CSc1ccccn1)Nc1ccccc1O. The van der Waals surface area contributed by atoms with Gasteiger partial charge >= 0.3 is 0 Å². The zero-order valence-corrected chi connectivity index (χ0v) is 10.4. The first-order valence-corrected chi connectivity index (χ1v) is 6.36. The molecule has 1 aromatic heterocycles. The number of aromatic hydroxyl groups is 1. The topological polar surface area (TPSA) is 62.2 Å². The number of thioether (sulfide) groups is 1. The minimum atomic E-state index is -0.174. The number of nitrogens with zero attached hydrogens (tertiary/aromatic N) is 1. The minimum Gasteiger partial charge on any atom is -0.506 e. The Labute approximate surface area is 109 Å². The number of rotatable bonds is 4. The van der Waals surface area contributed by atoms with E-state index in [4.69, 9.17) is 0 Å². The second-order valence-electron chi connectivity index (χ2n) is 3.52. The number of benzene rings is 1. The van der Waals surface area contributed by atoms with Crippen molar-refractivity contribution in [3.05, 3.63) is 48.7 Å². The van der Waals surface area contributed by atoms with E-state index in [-0.39, 0.29) is 17.4 Å². The predicted octanol–water partition coefficient (Wildman–Crippen LogP) is 2.52. The monoisotopic (exact) mass is 260 g/mol. The molecular weight excluding hydrogens is 248 g/mol. The van der Waals surface area contributed by atoms with Crippen LogP contribution in [0.2, 0.25) is 0 Å². The molecule has 0 aliphatic rings. The van der Waals surface area contributed by atoms with E-state index in [1.54, 1.807) is 24.4 Å². The Morgan fingerprint density at radius 3 is 2.72 bits per heavy atom. The summed E-state index contributed by atoms with van der Waals surface area (Å²) in [4.78, 5) is 15.8. The lowest BCUT2D eigenvalue weighted by atomic mass is 10.3. The van der Waals surface area contributed by atoms with Gasteiger partial charge < -0.3 is 10.4 Å². The van der Waals surface area contributed by atoms with Crippen LogP contribution in [0, 0.1) is 0 Å². The summed E-state index contributed by atoms with van der Waals surface area (Å²) in [6.45, 7) is 0. The third kappa shape index (κ3) is 3.49. The molecule has 0 unspecified atom stereocenters. The van der Waals surface area contributed by atoms with Crippen molar-refractivity contribution in [2.24, 2.45) is 0 Å². The molecule has 2 rings (SSSR count). The van der Waals surface area contributed by atoms with Crippen molar-refractivity contribution >= 4 is 23.4 Å². The fraction of sp³-hybridized carbons (Fsp3) is 0.0769. The average molecular weight is 260 g/mol. The lowest BCUT2D eigenvalue weighted by Crippen LogP contribution is -2.14. The smallest absolute Gasteiger partial charge is 0.234 e. The summed E-state index contributed by atoms with van der Waals surface area (Å²) in [5.74, 6) is 0.145. The highest BCUT2D eigenvalue weighted by molar-refractivity contribution is 7.99. The second kappa shape index (κ2) is 6.07. The number of hydrogen-bond donors (Lipinski definition) is 2. The molecular formula is C13H12N2O2S. The molecule has 18 heavy (non-hydrogen) atoms. The van der Waals surface area contributed by atoms with E-state index in [9.17, 15) is 9.90 Å². The van der Waals surface area contributed by atoms with Gasteiger partial charge in [0.2, 0.25) is 5.91 Å². The van der Waals surface area contributed by atoms with Crippen LogP contribution in [0.3, 0.4) is 0 Å². The van der Waals surface area contributed by atoms with E-state index in [2.05, 4.69) is 10.3 Å². The highest BCUT2D eigenvalue weighted by Gasteiger charge is 2.06. The molecule has 2 N–H and O–H groups in total. The third-order valence-corrected chi connectivity index (χ3v) is 3.11. The predicted molar refractivity (Wildman–Crippen MR) is 71.7 cm³/mol. The number of anilines is 1. The summed E-state index contributed by atoms with van der Waals surface area (Å²) >= 11 is 1.35. The van der Waals surface area contributed by atoms with E-state index in [0.29, 0.717) is 5.69 Å². The zero-order chi connectivity index (χ0) is 12.8. The van der Waals surface area contributed by atoms with Gasteiger partial charge in [0.05, 0.1) is 16.5 Å². The first-order valence-electron chi connectivity index (χ1n) is 5.37. The van der Waals surface area contributed by atoms with Crippen LogP contribution in [-0.4, -0.2) is 21.8 Å². The Morgan fingerprint density at radius 1 is 1.22 bits per heavy atom. The number of hydrogen-bond acceptors (Lipinski definition) is 4. The van der Waals surface area contributed by atoms with E-state index in [1.807, 2.05) is 18.2 Å². The van der Waals surface area contributed by atoms with Gasteiger partial charge in [0.15, 0.2) is 0 Å². The van der Waals surface area contributed by atoms with Crippen LogP contribution >= 0.6 is 11.8 Å². The maximum Gasteiger partial charge on any atom is 0.234 e. The van der Waals surface area contributed by atoms with Crippen molar-refractivity contribution in [3.8, 4) is 5.75 Å². The summed E-state index contributed by atoms with van der Waals surface area (Å²) in [6.07, 6.45) is 1.68. The largest absolute Gasteiger partial charge is 0.506 e. The number of carbonyl (C=O) groups is 1. The van der Waals surface area contributed by atoms with Gasteiger partial charge in [-0.25, -0.2) is 4.98 Å². The van der Waals surface area contributed by atoms with Gasteiger partial charge in [-0.05, 0) is 24.3 Å². The molecule has 2 aromatic rings. The number of amides is 1. The Hall–Kier alpha value is -2.01. The lowest BCUT2D eigenvalue weighted by molar-refractivity contribution is -0.113. The summed E-state index contributed by atoms with van der Waals surface area (Å²) in [7, 11) is 0. The van der Waals surface area contributed by atoms with Gasteiger partial charge in [-0.3, -0.25) is 4.79 Å². The summed E-state index contributed by atoms with van der Waals surface area (Å²) in [5.41, 5.74) is 0.420. The van der Waals surface area contributed by atoms with Gasteiger partial charge in [0.25, 0.3) is 0 Å². The summed E-state index contributed by atoms with van der Waals surface area (Å²) in [6, 6.07) is 12.2. The molecule has 4 nitrogen and oxygen atoms in total. The molecule has 5 heteroatoms. The number of para-hydroxylation sites is 2. The van der Waals surface area contributed by atoms with Gasteiger partial charge in [-0.15, -0.1) is 0 Å². The fourth-order valence-electron chi connectivity index (χ4n) is 1.34. The van der Waals surface area contributed by atoms with Crippen LogP contribution in [-0.2, 0) is 4.79 Å². The molecule has 0 saturated heterocycles. The lowest BCUT2D eigenvalue weighted by Gasteiger charge is -2.06. The average Bonchev–Trinajstić information content (AvgIpc) is 2.40. The normalized spacial score (nSPS) is 10.0. The highest BCUT2D eigenvalue weighted by atomic mass is 32.2. The number of carbonyl (C=O) groups excluding carboxylic acids is 1. The second-order valence-corrected chi connectivity index (χ2v) is 4.52. The first-order chi connectivity index (χ1) is 8.75. The maximum atomic E-state index is 11.7. The number of pyridine rings is 1. The molecule has 0 saturated carbocycles. The van der Waals surface area contributed by atoms with Crippen molar-refractivity contribution in [3.63, 3.8) is 0 Å². The van der Waals surface area contributed by atoms with E-state index < -0.39 is 0 Å². The van der Waals surface area contributed by atoms with Crippen LogP contribution < -0.4 is 5.32 Å². The van der Waals surface area contributed by atoms with Gasteiger partial charge in [0, 0.05) is 6.20 Å². The molecule has 1 aromatic carbocycles. The Morgan fingerprint density at radius 2 is 2.00 bits per heavy atom.